The van der Waals surface area contributed by atoms with Crippen LogP contribution in [-0.2, 0) is 4.79 Å². The van der Waals surface area contributed by atoms with Crippen LogP contribution in [0, 0.1) is 10.1 Å². The molecule has 0 aromatic rings. The number of rotatable bonds is 4. The first-order chi connectivity index (χ1) is 3.77. The maximum atomic E-state index is 9.41. The highest BCUT2D eigenvalue weighted by molar-refractivity contribution is 5.45. The molecule has 2 N–H and O–H groups in total. The quantitative estimate of drug-likeness (QED) is 0.154. The van der Waals surface area contributed by atoms with Crippen molar-refractivity contribution in [1.82, 2.24) is 10.7 Å². The van der Waals surface area contributed by atoms with Crippen LogP contribution >= 0.6 is 0 Å². The number of hydrogen-bond acceptors (Lipinski definition) is 3. The molecular weight excluding hydrogens is 114 g/mol. The molecule has 0 bridgehead atoms. The van der Waals surface area contributed by atoms with Gasteiger partial charge in [0.05, 0.1) is 0 Å². The van der Waals surface area contributed by atoms with Crippen LogP contribution in [0.4, 0.5) is 0 Å². The first-order valence-corrected chi connectivity index (χ1v) is 1.82. The molecule has 0 saturated heterocycles. The Balaban J connectivity index is 2.93. The van der Waals surface area contributed by atoms with Gasteiger partial charge in [-0.25, -0.2) is 10.1 Å². The lowest BCUT2D eigenvalue weighted by Crippen LogP contribution is -2.32. The van der Waals surface area contributed by atoms with Gasteiger partial charge in [-0.15, -0.1) is 5.43 Å². The number of nitro groups is 1. The van der Waals surface area contributed by atoms with E-state index < -0.39 is 5.03 Å². The van der Waals surface area contributed by atoms with E-state index in [1.807, 2.05) is 5.32 Å². The Bertz CT molecular complexity index is 92.5. The maximum absolute atomic E-state index is 9.41. The Kier molecular flexibility index (Phi) is 3.21. The minimum absolute atomic E-state index is 0.142. The van der Waals surface area contributed by atoms with Crippen LogP contribution in [0.2, 0.25) is 0 Å². The van der Waals surface area contributed by atoms with E-state index in [0.29, 0.717) is 6.41 Å². The number of carbonyl (C=O) groups excluding carboxylic acids is 1. The van der Waals surface area contributed by atoms with Crippen LogP contribution in [0.1, 0.15) is 0 Å². The normalized spacial score (nSPS) is 7.50. The van der Waals surface area contributed by atoms with Crippen molar-refractivity contribution >= 4 is 6.41 Å². The molecule has 0 radical (unpaired) electrons. The van der Waals surface area contributed by atoms with Crippen LogP contribution in [0.3, 0.4) is 0 Å². The first-order valence-electron chi connectivity index (χ1n) is 1.82. The molecule has 0 rings (SSSR count). The average molecular weight is 119 g/mol. The van der Waals surface area contributed by atoms with Crippen molar-refractivity contribution < 1.29 is 9.83 Å². The average Bonchev–Trinajstić information content (AvgIpc) is 1.66. The summed E-state index contributed by atoms with van der Waals surface area (Å²) in [5, 5.41) is 10.7. The summed E-state index contributed by atoms with van der Waals surface area (Å²) in [6.07, 6.45) is 0.372. The van der Waals surface area contributed by atoms with Gasteiger partial charge in [0, 0.05) is 0 Å². The van der Waals surface area contributed by atoms with Crippen molar-refractivity contribution in [2.45, 2.75) is 0 Å². The summed E-state index contributed by atoms with van der Waals surface area (Å²) in [7, 11) is 0. The predicted octanol–water partition coefficient (Wildman–Crippen LogP) is -1.53. The van der Waals surface area contributed by atoms with E-state index in [4.69, 9.17) is 0 Å². The van der Waals surface area contributed by atoms with Gasteiger partial charge in [0.1, 0.15) is 6.67 Å². The number of hydrogen-bond donors (Lipinski definition) is 2. The van der Waals surface area contributed by atoms with E-state index in [0.717, 1.165) is 0 Å². The van der Waals surface area contributed by atoms with E-state index in [1.165, 1.54) is 0 Å². The zero-order valence-electron chi connectivity index (χ0n) is 3.96. The monoisotopic (exact) mass is 119 g/mol. The lowest BCUT2D eigenvalue weighted by atomic mass is 11.1. The summed E-state index contributed by atoms with van der Waals surface area (Å²) in [6, 6.07) is 0. The minimum Gasteiger partial charge on any atom is -0.337 e. The summed E-state index contributed by atoms with van der Waals surface area (Å²) in [6.45, 7) is -0.142. The SMILES string of the molecule is O=CNCN[N+](=O)[O-]. The first kappa shape index (κ1) is 6.67. The largest absolute Gasteiger partial charge is 0.337 e. The number of nitrogens with one attached hydrogen (secondary N) is 2. The fourth-order valence-corrected chi connectivity index (χ4v) is 0.152. The highest BCUT2D eigenvalue weighted by Crippen LogP contribution is 1.50. The van der Waals surface area contributed by atoms with Crippen LogP contribution in [-0.4, -0.2) is 18.1 Å². The predicted molar refractivity (Wildman–Crippen MR) is 24.2 cm³/mol. The minimum atomic E-state index is -0.740. The van der Waals surface area contributed by atoms with Gasteiger partial charge < -0.3 is 5.32 Å². The van der Waals surface area contributed by atoms with E-state index in [1.54, 1.807) is 5.43 Å². The zero-order chi connectivity index (χ0) is 6.41. The molecular formula is C2H5N3O3. The molecule has 0 aliphatic rings. The van der Waals surface area contributed by atoms with Crippen LogP contribution in [0.25, 0.3) is 0 Å². The highest BCUT2D eigenvalue weighted by atomic mass is 16.7. The highest BCUT2D eigenvalue weighted by Gasteiger charge is 1.86. The fraction of sp³-hybridized carbons (Fsp3) is 0.500. The molecule has 46 valence electrons. The topological polar surface area (TPSA) is 84.3 Å². The molecule has 0 atom stereocenters. The summed E-state index contributed by atoms with van der Waals surface area (Å²) >= 11 is 0. The second kappa shape index (κ2) is 3.85. The van der Waals surface area contributed by atoms with Crippen LogP contribution < -0.4 is 10.7 Å². The molecule has 0 heterocycles. The molecule has 8 heavy (non-hydrogen) atoms. The van der Waals surface area contributed by atoms with E-state index in [2.05, 4.69) is 0 Å². The summed E-state index contributed by atoms with van der Waals surface area (Å²) in [4.78, 5) is 18.8. The third-order valence-electron chi connectivity index (χ3n) is 0.394. The molecule has 1 amide bonds. The van der Waals surface area contributed by atoms with Gasteiger partial charge >= 0.3 is 0 Å². The Morgan fingerprint density at radius 2 is 2.38 bits per heavy atom. The zero-order valence-corrected chi connectivity index (χ0v) is 3.96. The lowest BCUT2D eigenvalue weighted by Gasteiger charge is -1.91. The Morgan fingerprint density at radius 1 is 1.75 bits per heavy atom. The van der Waals surface area contributed by atoms with E-state index in [-0.39, 0.29) is 6.67 Å². The fourth-order valence-electron chi connectivity index (χ4n) is 0.152. The summed E-state index contributed by atoms with van der Waals surface area (Å²) < 4.78 is 0. The number of nitrogens with zero attached hydrogens (tertiary/aromatic N) is 1. The molecule has 0 fully saturated rings. The number of carbonyl (C=O) groups is 1. The Morgan fingerprint density at radius 3 is 2.75 bits per heavy atom. The van der Waals surface area contributed by atoms with Crippen LogP contribution in [0.15, 0.2) is 0 Å². The number of hydrazine groups is 1. The molecule has 0 aliphatic heterocycles. The smallest absolute Gasteiger partial charge is 0.208 e. The molecule has 0 saturated carbocycles. The molecule has 0 aromatic carbocycles. The summed E-state index contributed by atoms with van der Waals surface area (Å²) in [5.41, 5.74) is 1.73. The molecule has 6 nitrogen and oxygen atoms in total. The van der Waals surface area contributed by atoms with E-state index >= 15 is 0 Å². The molecule has 0 spiro atoms. The summed E-state index contributed by atoms with van der Waals surface area (Å²) in [5.74, 6) is 0. The lowest BCUT2D eigenvalue weighted by molar-refractivity contribution is -0.544. The van der Waals surface area contributed by atoms with Gasteiger partial charge in [0.2, 0.25) is 6.41 Å². The van der Waals surface area contributed by atoms with Crippen molar-refractivity contribution in [3.63, 3.8) is 0 Å². The third kappa shape index (κ3) is 4.67. The van der Waals surface area contributed by atoms with Gasteiger partial charge in [-0.3, -0.25) is 4.79 Å². The van der Waals surface area contributed by atoms with Gasteiger partial charge in [-0.1, -0.05) is 0 Å². The second-order valence-corrected chi connectivity index (χ2v) is 0.914. The Labute approximate surface area is 45.0 Å². The van der Waals surface area contributed by atoms with Crippen molar-refractivity contribution in [1.29, 1.82) is 0 Å². The van der Waals surface area contributed by atoms with Crippen LogP contribution in [0.5, 0.6) is 0 Å². The molecule has 0 aliphatic carbocycles. The third-order valence-corrected chi connectivity index (χ3v) is 0.394. The van der Waals surface area contributed by atoms with E-state index in [9.17, 15) is 14.9 Å². The molecule has 0 unspecified atom stereocenters. The Hall–Kier alpha value is -1.33. The van der Waals surface area contributed by atoms with Crippen molar-refractivity contribution in [3.05, 3.63) is 10.1 Å². The van der Waals surface area contributed by atoms with Crippen molar-refractivity contribution in [3.8, 4) is 0 Å². The van der Waals surface area contributed by atoms with Gasteiger partial charge in [0.25, 0.3) is 0 Å². The van der Waals surface area contributed by atoms with Gasteiger partial charge in [-0.05, 0) is 0 Å². The number of amides is 1. The standard InChI is InChI=1S/C2H5N3O3/c6-2-3-1-4-5(7)8/h2,4H,1H2,(H,3,6). The van der Waals surface area contributed by atoms with Gasteiger partial charge in [0.15, 0.2) is 5.03 Å². The molecule has 0 aromatic heterocycles. The molecule has 6 heteroatoms. The maximum Gasteiger partial charge on any atom is 0.208 e. The van der Waals surface area contributed by atoms with Crippen molar-refractivity contribution in [2.75, 3.05) is 6.67 Å². The van der Waals surface area contributed by atoms with Crippen molar-refractivity contribution in [2.24, 2.45) is 0 Å². The van der Waals surface area contributed by atoms with Gasteiger partial charge in [-0.2, -0.15) is 0 Å². The second-order valence-electron chi connectivity index (χ2n) is 0.914.